The molecule has 0 spiro atoms. The topological polar surface area (TPSA) is 71.3 Å². The number of nitrogens with zero attached hydrogens (tertiary/aromatic N) is 1. The van der Waals surface area contributed by atoms with Crippen molar-refractivity contribution in [3.05, 3.63) is 57.7 Å². The fourth-order valence-electron chi connectivity index (χ4n) is 1.94. The van der Waals surface area contributed by atoms with Gasteiger partial charge in [-0.2, -0.15) is 5.26 Å². The molecule has 0 bridgehead atoms. The van der Waals surface area contributed by atoms with Gasteiger partial charge < -0.3 is 14.8 Å². The predicted molar refractivity (Wildman–Crippen MR) is 101 cm³/mol. The zero-order chi connectivity index (χ0) is 17.4. The molecule has 0 aromatic heterocycles. The zero-order valence-electron chi connectivity index (χ0n) is 13.0. The summed E-state index contributed by atoms with van der Waals surface area (Å²) in [5, 5.41) is 11.4. The molecular formula is C18H15IN2O3. The molecule has 0 atom stereocenters. The lowest BCUT2D eigenvalue weighted by Crippen LogP contribution is -2.07. The monoisotopic (exact) mass is 434 g/mol. The summed E-state index contributed by atoms with van der Waals surface area (Å²) in [5.41, 5.74) is 1.53. The molecule has 0 aliphatic heterocycles. The maximum atomic E-state index is 12.0. The molecule has 0 saturated heterocycles. The van der Waals surface area contributed by atoms with E-state index in [1.807, 2.05) is 30.3 Å². The van der Waals surface area contributed by atoms with Crippen LogP contribution in [0.2, 0.25) is 0 Å². The second-order valence-electron chi connectivity index (χ2n) is 4.69. The molecule has 122 valence electrons. The van der Waals surface area contributed by atoms with E-state index in [9.17, 15) is 4.79 Å². The van der Waals surface area contributed by atoms with Crippen molar-refractivity contribution in [2.75, 3.05) is 19.0 Å². The third-order valence-corrected chi connectivity index (χ3v) is 3.67. The zero-order valence-corrected chi connectivity index (χ0v) is 15.1. The average Bonchev–Trinajstić information content (AvgIpc) is 2.58. The Bertz CT molecular complexity index is 797. The Labute approximate surface area is 154 Å². The van der Waals surface area contributed by atoms with Crippen LogP contribution in [0.3, 0.4) is 0 Å². The first-order valence-electron chi connectivity index (χ1n) is 7.05. The summed E-state index contributed by atoms with van der Waals surface area (Å²) < 4.78 is 11.5. The summed E-state index contributed by atoms with van der Waals surface area (Å²) in [7, 11) is 1.52. The van der Waals surface area contributed by atoms with Crippen LogP contribution in [0, 0.1) is 14.9 Å². The van der Waals surface area contributed by atoms with Gasteiger partial charge in [-0.15, -0.1) is 0 Å². The summed E-state index contributed by atoms with van der Waals surface area (Å²) in [6.45, 7) is -0.0518. The van der Waals surface area contributed by atoms with Crippen molar-refractivity contribution in [2.24, 2.45) is 0 Å². The van der Waals surface area contributed by atoms with E-state index in [4.69, 9.17) is 14.7 Å². The van der Waals surface area contributed by atoms with E-state index < -0.39 is 0 Å². The third kappa shape index (κ3) is 5.28. The van der Waals surface area contributed by atoms with Crippen molar-refractivity contribution < 1.29 is 14.3 Å². The Morgan fingerprint density at radius 1 is 1.29 bits per heavy atom. The number of nitrogens with one attached hydrogen (secondary N) is 1. The highest BCUT2D eigenvalue weighted by Gasteiger charge is 2.05. The molecule has 0 fully saturated rings. The van der Waals surface area contributed by atoms with Crippen molar-refractivity contribution in [1.29, 1.82) is 5.26 Å². The number of carbonyl (C=O) groups excluding carboxylic acids is 1. The lowest BCUT2D eigenvalue weighted by Gasteiger charge is -2.08. The molecule has 0 heterocycles. The van der Waals surface area contributed by atoms with Crippen LogP contribution in [0.4, 0.5) is 5.69 Å². The lowest BCUT2D eigenvalue weighted by atomic mass is 10.2. The molecule has 1 N–H and O–H groups in total. The second-order valence-corrected chi connectivity index (χ2v) is 5.94. The number of halogens is 1. The smallest absolute Gasteiger partial charge is 0.248 e. The van der Waals surface area contributed by atoms with Gasteiger partial charge in [-0.1, -0.05) is 12.1 Å². The van der Waals surface area contributed by atoms with E-state index in [-0.39, 0.29) is 12.5 Å². The van der Waals surface area contributed by atoms with E-state index in [0.29, 0.717) is 11.5 Å². The standard InChI is InChI=1S/C18H15IN2O3/c1-23-17-11-13(5-7-16(17)24-10-9-20)6-8-18(22)21-15-4-2-3-14(19)12-15/h2-8,11-12H,10H2,1H3,(H,21,22)/b8-6+. The number of nitriles is 1. The van der Waals surface area contributed by atoms with Gasteiger partial charge in [0.15, 0.2) is 18.1 Å². The van der Waals surface area contributed by atoms with Crippen molar-refractivity contribution >= 4 is 40.3 Å². The Balaban J connectivity index is 2.05. The van der Waals surface area contributed by atoms with Crippen molar-refractivity contribution in [2.45, 2.75) is 0 Å². The first-order chi connectivity index (χ1) is 11.6. The van der Waals surface area contributed by atoms with Crippen LogP contribution < -0.4 is 14.8 Å². The number of anilines is 1. The number of amides is 1. The van der Waals surface area contributed by atoms with Crippen LogP contribution in [0.1, 0.15) is 5.56 Å². The molecule has 5 nitrogen and oxygen atoms in total. The van der Waals surface area contributed by atoms with Gasteiger partial charge in [-0.3, -0.25) is 4.79 Å². The number of rotatable bonds is 6. The van der Waals surface area contributed by atoms with Crippen molar-refractivity contribution in [3.63, 3.8) is 0 Å². The SMILES string of the molecule is COc1cc(/C=C/C(=O)Nc2cccc(I)c2)ccc1OCC#N. The van der Waals surface area contributed by atoms with Crippen LogP contribution >= 0.6 is 22.6 Å². The Morgan fingerprint density at radius 3 is 2.83 bits per heavy atom. The molecule has 6 heteroatoms. The number of hydrogen-bond donors (Lipinski definition) is 1. The van der Waals surface area contributed by atoms with Gasteiger partial charge in [-0.05, 0) is 64.6 Å². The molecule has 0 aliphatic carbocycles. The molecule has 1 amide bonds. The number of ether oxygens (including phenoxy) is 2. The molecule has 2 rings (SSSR count). The highest BCUT2D eigenvalue weighted by Crippen LogP contribution is 2.28. The van der Waals surface area contributed by atoms with E-state index >= 15 is 0 Å². The predicted octanol–water partition coefficient (Wildman–Crippen LogP) is 3.85. The van der Waals surface area contributed by atoms with Gasteiger partial charge >= 0.3 is 0 Å². The molecule has 0 unspecified atom stereocenters. The first-order valence-corrected chi connectivity index (χ1v) is 8.12. The van der Waals surface area contributed by atoms with Crippen LogP contribution in [-0.2, 0) is 4.79 Å². The minimum absolute atomic E-state index is 0.0518. The number of methoxy groups -OCH3 is 1. The van der Waals surface area contributed by atoms with Gasteiger partial charge in [-0.25, -0.2) is 0 Å². The largest absolute Gasteiger partial charge is 0.493 e. The molecule has 0 saturated carbocycles. The molecule has 0 radical (unpaired) electrons. The Hall–Kier alpha value is -2.53. The summed E-state index contributed by atoms with van der Waals surface area (Å²) >= 11 is 2.19. The highest BCUT2D eigenvalue weighted by molar-refractivity contribution is 14.1. The third-order valence-electron chi connectivity index (χ3n) is 3.00. The van der Waals surface area contributed by atoms with Crippen LogP contribution in [0.5, 0.6) is 11.5 Å². The fourth-order valence-corrected chi connectivity index (χ4v) is 2.48. The maximum Gasteiger partial charge on any atom is 0.248 e. The summed E-state index contributed by atoms with van der Waals surface area (Å²) in [5.74, 6) is 0.769. The summed E-state index contributed by atoms with van der Waals surface area (Å²) in [6, 6.07) is 14.7. The number of hydrogen-bond acceptors (Lipinski definition) is 4. The molecule has 2 aromatic rings. The summed E-state index contributed by atoms with van der Waals surface area (Å²) in [6.07, 6.45) is 3.13. The second kappa shape index (κ2) is 8.93. The van der Waals surface area contributed by atoms with Crippen molar-refractivity contribution in [1.82, 2.24) is 0 Å². The minimum atomic E-state index is -0.222. The van der Waals surface area contributed by atoms with Crippen molar-refractivity contribution in [3.8, 4) is 17.6 Å². The average molecular weight is 434 g/mol. The lowest BCUT2D eigenvalue weighted by molar-refractivity contribution is -0.111. The Kier molecular flexibility index (Phi) is 6.63. The molecule has 2 aromatic carbocycles. The van der Waals surface area contributed by atoms with E-state index in [1.165, 1.54) is 13.2 Å². The quantitative estimate of drug-likeness (QED) is 0.554. The van der Waals surface area contributed by atoms with E-state index in [2.05, 4.69) is 27.9 Å². The van der Waals surface area contributed by atoms with Crippen LogP contribution in [0.15, 0.2) is 48.5 Å². The highest BCUT2D eigenvalue weighted by atomic mass is 127. The van der Waals surface area contributed by atoms with Gasteiger partial charge in [0.1, 0.15) is 6.07 Å². The summed E-state index contributed by atoms with van der Waals surface area (Å²) in [4.78, 5) is 12.0. The van der Waals surface area contributed by atoms with Gasteiger partial charge in [0.2, 0.25) is 5.91 Å². The Morgan fingerprint density at radius 2 is 2.12 bits per heavy atom. The normalized spacial score (nSPS) is 10.2. The number of carbonyl (C=O) groups is 1. The maximum absolute atomic E-state index is 12.0. The van der Waals surface area contributed by atoms with E-state index in [1.54, 1.807) is 24.3 Å². The van der Waals surface area contributed by atoms with Crippen LogP contribution in [0.25, 0.3) is 6.08 Å². The van der Waals surface area contributed by atoms with Gasteiger partial charge in [0.05, 0.1) is 7.11 Å². The minimum Gasteiger partial charge on any atom is -0.493 e. The molecule has 24 heavy (non-hydrogen) atoms. The fraction of sp³-hybridized carbons (Fsp3) is 0.111. The van der Waals surface area contributed by atoms with Gasteiger partial charge in [0.25, 0.3) is 0 Å². The molecular weight excluding hydrogens is 419 g/mol. The van der Waals surface area contributed by atoms with Crippen LogP contribution in [-0.4, -0.2) is 19.6 Å². The van der Waals surface area contributed by atoms with Gasteiger partial charge in [0, 0.05) is 15.3 Å². The van der Waals surface area contributed by atoms with E-state index in [0.717, 1.165) is 14.8 Å². The molecule has 0 aliphatic rings. The first kappa shape index (κ1) is 17.8. The number of benzene rings is 2.